The summed E-state index contributed by atoms with van der Waals surface area (Å²) in [5.74, 6) is 0.980. The normalized spacial score (nSPS) is 17.7. The third-order valence-electron chi connectivity index (χ3n) is 6.22. The Morgan fingerprint density at radius 2 is 1.75 bits per heavy atom. The van der Waals surface area contributed by atoms with Crippen LogP contribution in [0.3, 0.4) is 0 Å². The average molecular weight is 456 g/mol. The first-order valence-corrected chi connectivity index (χ1v) is 10.9. The van der Waals surface area contributed by atoms with Gasteiger partial charge >= 0.3 is 0 Å². The third kappa shape index (κ3) is 4.00. The lowest BCUT2D eigenvalue weighted by molar-refractivity contribution is -0.131. The summed E-state index contributed by atoms with van der Waals surface area (Å²) < 4.78 is 10.6. The molecule has 0 aromatic heterocycles. The van der Waals surface area contributed by atoms with E-state index in [1.165, 1.54) is 6.08 Å². The van der Waals surface area contributed by atoms with E-state index in [1.54, 1.807) is 37.3 Å². The van der Waals surface area contributed by atoms with Gasteiger partial charge in [0.05, 0.1) is 25.9 Å². The lowest BCUT2D eigenvalue weighted by Gasteiger charge is -2.43. The standard InChI is InChI=1S/C24H26ClN3O4/c1-31-20-14-17(19(25)15-21(20)32-2)8-9-22(29)27-12-10-24(11-13-27)23(30)26-16-28(24)18-6-4-3-5-7-18/h3-9,14-15H,10-13,16H2,1-2H3,(H,26,30)/b9-8+. The van der Waals surface area contributed by atoms with Crippen molar-refractivity contribution in [2.75, 3.05) is 38.9 Å². The number of rotatable bonds is 5. The second kappa shape index (κ2) is 9.12. The summed E-state index contributed by atoms with van der Waals surface area (Å²) >= 11 is 6.32. The lowest BCUT2D eigenvalue weighted by atomic mass is 9.85. The van der Waals surface area contributed by atoms with Crippen LogP contribution in [0.15, 0.2) is 48.5 Å². The number of amides is 2. The minimum atomic E-state index is -0.617. The summed E-state index contributed by atoms with van der Waals surface area (Å²) in [6.45, 7) is 1.48. The van der Waals surface area contributed by atoms with Crippen LogP contribution in [0.25, 0.3) is 6.08 Å². The maximum Gasteiger partial charge on any atom is 0.247 e. The highest BCUT2D eigenvalue weighted by Crippen LogP contribution is 2.36. The van der Waals surface area contributed by atoms with Crippen molar-refractivity contribution in [3.8, 4) is 11.5 Å². The van der Waals surface area contributed by atoms with Gasteiger partial charge < -0.3 is 24.6 Å². The van der Waals surface area contributed by atoms with Crippen molar-refractivity contribution in [2.24, 2.45) is 0 Å². The summed E-state index contributed by atoms with van der Waals surface area (Å²) in [6, 6.07) is 13.3. The molecule has 0 atom stereocenters. The molecular weight excluding hydrogens is 430 g/mol. The van der Waals surface area contributed by atoms with Crippen molar-refractivity contribution in [1.82, 2.24) is 10.2 Å². The highest BCUT2D eigenvalue weighted by Gasteiger charge is 2.50. The van der Waals surface area contributed by atoms with Gasteiger partial charge in [-0.2, -0.15) is 0 Å². The van der Waals surface area contributed by atoms with Gasteiger partial charge in [0, 0.05) is 30.9 Å². The number of methoxy groups -OCH3 is 2. The van der Waals surface area contributed by atoms with Gasteiger partial charge in [-0.1, -0.05) is 29.8 Å². The van der Waals surface area contributed by atoms with Crippen LogP contribution < -0.4 is 19.7 Å². The van der Waals surface area contributed by atoms with Gasteiger partial charge in [0.2, 0.25) is 11.8 Å². The first kappa shape index (κ1) is 22.0. The van der Waals surface area contributed by atoms with Crippen molar-refractivity contribution in [3.05, 3.63) is 59.1 Å². The number of nitrogens with one attached hydrogen (secondary N) is 1. The third-order valence-corrected chi connectivity index (χ3v) is 6.54. The van der Waals surface area contributed by atoms with E-state index in [9.17, 15) is 9.59 Å². The molecule has 4 rings (SSSR count). The number of anilines is 1. The smallest absolute Gasteiger partial charge is 0.247 e. The van der Waals surface area contributed by atoms with Crippen LogP contribution in [-0.2, 0) is 9.59 Å². The highest BCUT2D eigenvalue weighted by atomic mass is 35.5. The Balaban J connectivity index is 1.45. The van der Waals surface area contributed by atoms with Gasteiger partial charge in [-0.05, 0) is 42.7 Å². The average Bonchev–Trinajstić information content (AvgIpc) is 3.14. The molecule has 7 nitrogen and oxygen atoms in total. The van der Waals surface area contributed by atoms with Crippen LogP contribution in [0.2, 0.25) is 5.02 Å². The number of piperidine rings is 1. The number of para-hydroxylation sites is 1. The molecule has 0 unspecified atom stereocenters. The molecule has 168 valence electrons. The molecule has 2 heterocycles. The second-order valence-electron chi connectivity index (χ2n) is 7.85. The monoisotopic (exact) mass is 455 g/mol. The lowest BCUT2D eigenvalue weighted by Crippen LogP contribution is -2.57. The van der Waals surface area contributed by atoms with Crippen LogP contribution in [0, 0.1) is 0 Å². The van der Waals surface area contributed by atoms with Crippen molar-refractivity contribution >= 4 is 35.2 Å². The second-order valence-corrected chi connectivity index (χ2v) is 8.25. The molecule has 32 heavy (non-hydrogen) atoms. The van der Waals surface area contributed by atoms with Crippen LogP contribution in [0.4, 0.5) is 5.69 Å². The van der Waals surface area contributed by atoms with Crippen LogP contribution in [0.1, 0.15) is 18.4 Å². The number of carbonyl (C=O) groups excluding carboxylic acids is 2. The molecule has 2 aliphatic rings. The van der Waals surface area contributed by atoms with E-state index in [0.29, 0.717) is 54.7 Å². The number of carbonyl (C=O) groups is 2. The molecule has 0 saturated carbocycles. The number of halogens is 1. The quantitative estimate of drug-likeness (QED) is 0.700. The summed E-state index contributed by atoms with van der Waals surface area (Å²) in [5, 5.41) is 3.44. The first-order chi connectivity index (χ1) is 15.5. The Hall–Kier alpha value is -3.19. The number of likely N-dealkylation sites (tertiary alicyclic amines) is 1. The fourth-order valence-corrected chi connectivity index (χ4v) is 4.61. The van der Waals surface area contributed by atoms with E-state index in [4.69, 9.17) is 21.1 Å². The summed E-state index contributed by atoms with van der Waals surface area (Å²) in [7, 11) is 3.09. The predicted octanol–water partition coefficient (Wildman–Crippen LogP) is 3.33. The maximum atomic E-state index is 12.8. The van der Waals surface area contributed by atoms with E-state index < -0.39 is 5.54 Å². The molecule has 1 spiro atoms. The van der Waals surface area contributed by atoms with Crippen LogP contribution in [0.5, 0.6) is 11.5 Å². The Labute approximate surface area is 192 Å². The van der Waals surface area contributed by atoms with Crippen molar-refractivity contribution in [2.45, 2.75) is 18.4 Å². The molecule has 2 amide bonds. The summed E-state index contributed by atoms with van der Waals surface area (Å²) in [4.78, 5) is 29.5. The largest absolute Gasteiger partial charge is 0.493 e. The number of ether oxygens (including phenoxy) is 2. The summed E-state index contributed by atoms with van der Waals surface area (Å²) in [5.41, 5.74) is 1.05. The number of hydrogen-bond donors (Lipinski definition) is 1. The fraction of sp³-hybridized carbons (Fsp3) is 0.333. The molecule has 2 aromatic rings. The first-order valence-electron chi connectivity index (χ1n) is 10.5. The molecule has 1 N–H and O–H groups in total. The Bertz CT molecular complexity index is 1030. The topological polar surface area (TPSA) is 71.1 Å². The van der Waals surface area contributed by atoms with Gasteiger partial charge in [-0.25, -0.2) is 0 Å². The Morgan fingerprint density at radius 3 is 2.41 bits per heavy atom. The zero-order valence-corrected chi connectivity index (χ0v) is 18.9. The molecule has 2 fully saturated rings. The number of nitrogens with zero attached hydrogens (tertiary/aromatic N) is 2. The van der Waals surface area contributed by atoms with Crippen LogP contribution >= 0.6 is 11.6 Å². The van der Waals surface area contributed by atoms with Gasteiger partial charge in [0.25, 0.3) is 0 Å². The molecule has 0 aliphatic carbocycles. The van der Waals surface area contributed by atoms with E-state index in [0.717, 1.165) is 5.69 Å². The molecule has 2 saturated heterocycles. The van der Waals surface area contributed by atoms with Crippen LogP contribution in [-0.4, -0.2) is 56.2 Å². The minimum Gasteiger partial charge on any atom is -0.493 e. The molecule has 8 heteroatoms. The van der Waals surface area contributed by atoms with Crippen molar-refractivity contribution in [1.29, 1.82) is 0 Å². The van der Waals surface area contributed by atoms with Gasteiger partial charge in [-0.15, -0.1) is 0 Å². The summed E-state index contributed by atoms with van der Waals surface area (Å²) in [6.07, 6.45) is 4.33. The Morgan fingerprint density at radius 1 is 1.09 bits per heavy atom. The van der Waals surface area contributed by atoms with Gasteiger partial charge in [0.1, 0.15) is 5.54 Å². The number of benzene rings is 2. The molecule has 2 aliphatic heterocycles. The fourth-order valence-electron chi connectivity index (χ4n) is 4.39. The van der Waals surface area contributed by atoms with Crippen molar-refractivity contribution < 1.29 is 19.1 Å². The highest BCUT2D eigenvalue weighted by molar-refractivity contribution is 6.32. The number of hydrogen-bond acceptors (Lipinski definition) is 5. The van der Waals surface area contributed by atoms with Gasteiger partial charge in [0.15, 0.2) is 11.5 Å². The van der Waals surface area contributed by atoms with Gasteiger partial charge in [-0.3, -0.25) is 9.59 Å². The van der Waals surface area contributed by atoms with E-state index in [2.05, 4.69) is 10.2 Å². The minimum absolute atomic E-state index is 0.0288. The van der Waals surface area contributed by atoms with E-state index >= 15 is 0 Å². The molecule has 0 bridgehead atoms. The maximum absolute atomic E-state index is 12.8. The zero-order chi connectivity index (χ0) is 22.7. The molecule has 2 aromatic carbocycles. The Kier molecular flexibility index (Phi) is 6.28. The molecule has 0 radical (unpaired) electrons. The molecular formula is C24H26ClN3O4. The van der Waals surface area contributed by atoms with E-state index in [1.807, 2.05) is 30.3 Å². The van der Waals surface area contributed by atoms with Crippen molar-refractivity contribution in [3.63, 3.8) is 0 Å². The zero-order valence-electron chi connectivity index (χ0n) is 18.1. The predicted molar refractivity (Wildman–Crippen MR) is 124 cm³/mol. The van der Waals surface area contributed by atoms with E-state index in [-0.39, 0.29) is 11.8 Å². The SMILES string of the molecule is COc1cc(Cl)c(/C=C/C(=O)N2CCC3(CC2)C(=O)NCN3c2ccccc2)cc1OC.